The molecule has 102 valence electrons. The summed E-state index contributed by atoms with van der Waals surface area (Å²) in [5, 5.41) is 4.35. The molecule has 2 aromatic rings. The molecule has 0 saturated heterocycles. The summed E-state index contributed by atoms with van der Waals surface area (Å²) in [6.07, 6.45) is 3.64. The van der Waals surface area contributed by atoms with E-state index in [0.717, 1.165) is 11.1 Å². The van der Waals surface area contributed by atoms with E-state index in [4.69, 9.17) is 9.47 Å². The number of rotatable bonds is 7. The average Bonchev–Trinajstić information content (AvgIpc) is 2.89. The van der Waals surface area contributed by atoms with Crippen LogP contribution in [0.3, 0.4) is 0 Å². The van der Waals surface area contributed by atoms with E-state index >= 15 is 0 Å². The quantitative estimate of drug-likeness (QED) is 0.718. The zero-order valence-corrected chi connectivity index (χ0v) is 11.5. The van der Waals surface area contributed by atoms with E-state index in [2.05, 4.69) is 17.2 Å². The van der Waals surface area contributed by atoms with Crippen LogP contribution in [0.25, 0.3) is 11.1 Å². The van der Waals surface area contributed by atoms with Gasteiger partial charge in [0, 0.05) is 25.0 Å². The highest BCUT2D eigenvalue weighted by Crippen LogP contribution is 2.17. The van der Waals surface area contributed by atoms with Gasteiger partial charge in [0.2, 0.25) is 0 Å². The third-order valence-electron chi connectivity index (χ3n) is 2.78. The highest BCUT2D eigenvalue weighted by molar-refractivity contribution is 5.61. The molecule has 2 rings (SSSR count). The van der Waals surface area contributed by atoms with Crippen molar-refractivity contribution in [2.45, 2.75) is 26.7 Å². The van der Waals surface area contributed by atoms with Gasteiger partial charge in [0.15, 0.2) is 6.29 Å². The minimum atomic E-state index is -0.237. The van der Waals surface area contributed by atoms with Gasteiger partial charge in [-0.15, -0.1) is 0 Å². The van der Waals surface area contributed by atoms with Crippen molar-refractivity contribution >= 4 is 0 Å². The van der Waals surface area contributed by atoms with Gasteiger partial charge >= 0.3 is 0 Å². The summed E-state index contributed by atoms with van der Waals surface area (Å²) in [6, 6.07) is 10.2. The van der Waals surface area contributed by atoms with Gasteiger partial charge in [0.25, 0.3) is 0 Å². The Labute approximate surface area is 114 Å². The maximum atomic E-state index is 5.52. The Morgan fingerprint density at radius 1 is 1.05 bits per heavy atom. The molecule has 0 saturated carbocycles. The fourth-order valence-corrected chi connectivity index (χ4v) is 1.92. The molecular formula is C15H20N2O2. The normalized spacial score (nSPS) is 11.1. The molecule has 1 heterocycles. The van der Waals surface area contributed by atoms with E-state index in [9.17, 15) is 0 Å². The first-order chi connectivity index (χ1) is 9.33. The fraction of sp³-hybridized carbons (Fsp3) is 0.400. The summed E-state index contributed by atoms with van der Waals surface area (Å²) in [5.41, 5.74) is 2.27. The number of ether oxygens (including phenoxy) is 2. The summed E-state index contributed by atoms with van der Waals surface area (Å²) in [6.45, 7) is 5.80. The molecule has 0 atom stereocenters. The van der Waals surface area contributed by atoms with Crippen molar-refractivity contribution in [2.24, 2.45) is 0 Å². The van der Waals surface area contributed by atoms with Gasteiger partial charge in [0.1, 0.15) is 0 Å². The minimum Gasteiger partial charge on any atom is -0.351 e. The molecule has 0 N–H and O–H groups in total. The van der Waals surface area contributed by atoms with Crippen LogP contribution < -0.4 is 0 Å². The largest absolute Gasteiger partial charge is 0.351 e. The van der Waals surface area contributed by atoms with Gasteiger partial charge in [-0.1, -0.05) is 30.3 Å². The second-order valence-electron chi connectivity index (χ2n) is 4.16. The molecular weight excluding hydrogens is 240 g/mol. The summed E-state index contributed by atoms with van der Waals surface area (Å²) >= 11 is 0. The molecule has 0 aliphatic carbocycles. The van der Waals surface area contributed by atoms with Crippen molar-refractivity contribution in [3.63, 3.8) is 0 Å². The van der Waals surface area contributed by atoms with Crippen molar-refractivity contribution in [1.29, 1.82) is 0 Å². The van der Waals surface area contributed by atoms with Crippen LogP contribution in [0.4, 0.5) is 0 Å². The molecule has 4 nitrogen and oxygen atoms in total. The lowest BCUT2D eigenvalue weighted by Gasteiger charge is -2.16. The van der Waals surface area contributed by atoms with Crippen molar-refractivity contribution in [2.75, 3.05) is 13.2 Å². The Morgan fingerprint density at radius 2 is 1.74 bits per heavy atom. The smallest absolute Gasteiger partial charge is 0.176 e. The molecule has 0 amide bonds. The van der Waals surface area contributed by atoms with Crippen LogP contribution in [0.2, 0.25) is 0 Å². The van der Waals surface area contributed by atoms with Crippen LogP contribution in [-0.4, -0.2) is 29.3 Å². The Hall–Kier alpha value is -1.65. The van der Waals surface area contributed by atoms with Crippen molar-refractivity contribution in [3.05, 3.63) is 42.7 Å². The standard InChI is InChI=1S/C15H20N2O2/c1-3-18-15(19-4-2)12-17-11-14(10-16-17)13-8-6-5-7-9-13/h5-11,15H,3-4,12H2,1-2H3. The zero-order valence-electron chi connectivity index (χ0n) is 11.5. The highest BCUT2D eigenvalue weighted by atomic mass is 16.7. The second-order valence-corrected chi connectivity index (χ2v) is 4.16. The lowest BCUT2D eigenvalue weighted by atomic mass is 10.1. The molecule has 4 heteroatoms. The van der Waals surface area contributed by atoms with E-state index in [0.29, 0.717) is 19.8 Å². The molecule has 0 unspecified atom stereocenters. The van der Waals surface area contributed by atoms with Gasteiger partial charge in [-0.25, -0.2) is 0 Å². The topological polar surface area (TPSA) is 36.3 Å². The van der Waals surface area contributed by atoms with Crippen molar-refractivity contribution in [3.8, 4) is 11.1 Å². The molecule has 1 aromatic carbocycles. The van der Waals surface area contributed by atoms with Crippen LogP contribution in [0, 0.1) is 0 Å². The summed E-state index contributed by atoms with van der Waals surface area (Å²) in [4.78, 5) is 0. The van der Waals surface area contributed by atoms with Gasteiger partial charge in [-0.2, -0.15) is 5.10 Å². The Bertz CT molecular complexity index is 476. The number of nitrogens with zero attached hydrogens (tertiary/aromatic N) is 2. The predicted octanol–water partition coefficient (Wildman–Crippen LogP) is 2.95. The van der Waals surface area contributed by atoms with Gasteiger partial charge in [0.05, 0.1) is 12.7 Å². The van der Waals surface area contributed by atoms with E-state index in [1.165, 1.54) is 0 Å². The van der Waals surface area contributed by atoms with Gasteiger partial charge in [-0.05, 0) is 19.4 Å². The molecule has 0 aliphatic rings. The van der Waals surface area contributed by atoms with Gasteiger partial charge < -0.3 is 9.47 Å². The third kappa shape index (κ3) is 3.91. The maximum absolute atomic E-state index is 5.52. The zero-order chi connectivity index (χ0) is 13.5. The fourth-order valence-electron chi connectivity index (χ4n) is 1.92. The average molecular weight is 260 g/mol. The van der Waals surface area contributed by atoms with Crippen LogP contribution in [0.1, 0.15) is 13.8 Å². The molecule has 0 bridgehead atoms. The maximum Gasteiger partial charge on any atom is 0.176 e. The van der Waals surface area contributed by atoms with E-state index in [-0.39, 0.29) is 6.29 Å². The summed E-state index contributed by atoms with van der Waals surface area (Å²) in [7, 11) is 0. The molecule has 0 aliphatic heterocycles. The number of aromatic nitrogens is 2. The lowest BCUT2D eigenvalue weighted by Crippen LogP contribution is -2.23. The van der Waals surface area contributed by atoms with E-state index in [1.807, 2.05) is 49.1 Å². The van der Waals surface area contributed by atoms with Crippen molar-refractivity contribution in [1.82, 2.24) is 9.78 Å². The van der Waals surface area contributed by atoms with Crippen LogP contribution in [0.15, 0.2) is 42.7 Å². The SMILES string of the molecule is CCOC(Cn1cc(-c2ccccc2)cn1)OCC. The highest BCUT2D eigenvalue weighted by Gasteiger charge is 2.10. The number of hydrogen-bond donors (Lipinski definition) is 0. The lowest BCUT2D eigenvalue weighted by molar-refractivity contribution is -0.144. The minimum absolute atomic E-state index is 0.237. The Kier molecular flexibility index (Phi) is 5.12. The molecule has 0 fully saturated rings. The number of hydrogen-bond acceptors (Lipinski definition) is 3. The third-order valence-corrected chi connectivity index (χ3v) is 2.78. The summed E-state index contributed by atoms with van der Waals surface area (Å²) in [5.74, 6) is 0. The molecule has 0 radical (unpaired) electrons. The van der Waals surface area contributed by atoms with E-state index in [1.54, 1.807) is 0 Å². The molecule has 0 spiro atoms. The first-order valence-electron chi connectivity index (χ1n) is 6.64. The second kappa shape index (κ2) is 7.07. The van der Waals surface area contributed by atoms with Crippen molar-refractivity contribution < 1.29 is 9.47 Å². The Balaban J connectivity index is 2.04. The monoisotopic (exact) mass is 260 g/mol. The van der Waals surface area contributed by atoms with Crippen LogP contribution in [-0.2, 0) is 16.0 Å². The summed E-state index contributed by atoms with van der Waals surface area (Å²) < 4.78 is 12.9. The first kappa shape index (κ1) is 13.8. The molecule has 19 heavy (non-hydrogen) atoms. The Morgan fingerprint density at radius 3 is 2.37 bits per heavy atom. The first-order valence-corrected chi connectivity index (χ1v) is 6.64. The predicted molar refractivity (Wildman–Crippen MR) is 74.7 cm³/mol. The van der Waals surface area contributed by atoms with Crippen LogP contribution >= 0.6 is 0 Å². The number of benzene rings is 1. The van der Waals surface area contributed by atoms with Crippen LogP contribution in [0.5, 0.6) is 0 Å². The molecule has 1 aromatic heterocycles. The van der Waals surface area contributed by atoms with E-state index < -0.39 is 0 Å². The van der Waals surface area contributed by atoms with Gasteiger partial charge in [-0.3, -0.25) is 4.68 Å².